The van der Waals surface area contributed by atoms with Gasteiger partial charge in [-0.3, -0.25) is 9.69 Å². The minimum absolute atomic E-state index is 0.0329. The third-order valence-corrected chi connectivity index (χ3v) is 3.25. The van der Waals surface area contributed by atoms with Gasteiger partial charge in [0, 0.05) is 37.8 Å². The number of anilines is 1. The van der Waals surface area contributed by atoms with Crippen LogP contribution in [0.4, 0.5) is 5.69 Å². The van der Waals surface area contributed by atoms with E-state index in [0.29, 0.717) is 32.1 Å². The molecule has 1 amide bonds. The van der Waals surface area contributed by atoms with Crippen LogP contribution in [-0.4, -0.2) is 41.7 Å². The quantitative estimate of drug-likeness (QED) is 0.667. The van der Waals surface area contributed by atoms with E-state index in [-0.39, 0.29) is 12.5 Å². The predicted molar refractivity (Wildman–Crippen MR) is 81.4 cm³/mol. The van der Waals surface area contributed by atoms with Gasteiger partial charge in [-0.1, -0.05) is 18.2 Å². The van der Waals surface area contributed by atoms with Gasteiger partial charge in [0.05, 0.1) is 6.61 Å². The van der Waals surface area contributed by atoms with Crippen LogP contribution in [-0.2, 0) is 11.3 Å². The monoisotopic (exact) mass is 279 g/mol. The second-order valence-corrected chi connectivity index (χ2v) is 5.01. The van der Waals surface area contributed by atoms with Crippen LogP contribution in [0.3, 0.4) is 0 Å². The Morgan fingerprint density at radius 2 is 2.05 bits per heavy atom. The minimum Gasteiger partial charge on any atom is -0.395 e. The Morgan fingerprint density at radius 1 is 1.35 bits per heavy atom. The molecule has 1 rings (SSSR count). The number of hydrogen-bond acceptors (Lipinski definition) is 4. The van der Waals surface area contributed by atoms with E-state index in [1.165, 1.54) is 0 Å². The lowest BCUT2D eigenvalue weighted by atomic mass is 10.1. The number of carbonyl (C=O) groups is 1. The number of carbonyl (C=O) groups excluding carboxylic acids is 1. The van der Waals surface area contributed by atoms with Crippen LogP contribution in [0.2, 0.25) is 0 Å². The molecule has 0 fully saturated rings. The van der Waals surface area contributed by atoms with Crippen LogP contribution in [0.5, 0.6) is 0 Å². The Kier molecular flexibility index (Phi) is 7.22. The Hall–Kier alpha value is -1.43. The molecule has 0 aliphatic rings. The van der Waals surface area contributed by atoms with E-state index in [4.69, 9.17) is 10.8 Å². The molecule has 0 heterocycles. The van der Waals surface area contributed by atoms with Crippen molar-refractivity contribution in [2.45, 2.75) is 32.9 Å². The SMILES string of the molecule is CC(C)N(CCO)CCC(=O)Nc1ccccc1CN. The second kappa shape index (κ2) is 8.68. The molecule has 0 saturated carbocycles. The normalized spacial score (nSPS) is 11.1. The number of aliphatic hydroxyl groups is 1. The summed E-state index contributed by atoms with van der Waals surface area (Å²) in [6.07, 6.45) is 0.400. The maximum atomic E-state index is 12.0. The van der Waals surface area contributed by atoms with Crippen LogP contribution in [0, 0.1) is 0 Å². The fourth-order valence-electron chi connectivity index (χ4n) is 2.03. The molecule has 0 spiro atoms. The molecule has 4 N–H and O–H groups in total. The largest absolute Gasteiger partial charge is 0.395 e. The van der Waals surface area contributed by atoms with Gasteiger partial charge in [-0.05, 0) is 25.5 Å². The lowest BCUT2D eigenvalue weighted by Crippen LogP contribution is -2.36. The van der Waals surface area contributed by atoms with Gasteiger partial charge in [0.15, 0.2) is 0 Å². The summed E-state index contributed by atoms with van der Waals surface area (Å²) in [5.41, 5.74) is 7.34. The number of rotatable bonds is 8. The van der Waals surface area contributed by atoms with Gasteiger partial charge in [0.1, 0.15) is 0 Å². The van der Waals surface area contributed by atoms with E-state index in [1.54, 1.807) is 0 Å². The molecule has 112 valence electrons. The van der Waals surface area contributed by atoms with Crippen molar-refractivity contribution in [3.8, 4) is 0 Å². The summed E-state index contributed by atoms with van der Waals surface area (Å²) in [5, 5.41) is 11.9. The molecular formula is C15H25N3O2. The second-order valence-electron chi connectivity index (χ2n) is 5.01. The Balaban J connectivity index is 2.51. The number of benzene rings is 1. The van der Waals surface area contributed by atoms with Crippen molar-refractivity contribution < 1.29 is 9.90 Å². The van der Waals surface area contributed by atoms with E-state index >= 15 is 0 Å². The van der Waals surface area contributed by atoms with Crippen LogP contribution >= 0.6 is 0 Å². The van der Waals surface area contributed by atoms with Crippen molar-refractivity contribution in [2.75, 3.05) is 25.0 Å². The number of aliphatic hydroxyl groups excluding tert-OH is 1. The van der Waals surface area contributed by atoms with Gasteiger partial charge >= 0.3 is 0 Å². The first-order valence-electron chi connectivity index (χ1n) is 7.01. The van der Waals surface area contributed by atoms with E-state index in [0.717, 1.165) is 11.3 Å². The molecule has 0 unspecified atom stereocenters. The highest BCUT2D eigenvalue weighted by Gasteiger charge is 2.11. The number of nitrogens with zero attached hydrogens (tertiary/aromatic N) is 1. The smallest absolute Gasteiger partial charge is 0.225 e. The van der Waals surface area contributed by atoms with Gasteiger partial charge < -0.3 is 16.2 Å². The molecule has 1 aromatic rings. The molecular weight excluding hydrogens is 254 g/mol. The average molecular weight is 279 g/mol. The van der Waals surface area contributed by atoms with E-state index in [2.05, 4.69) is 24.1 Å². The zero-order chi connectivity index (χ0) is 15.0. The zero-order valence-electron chi connectivity index (χ0n) is 12.3. The first-order valence-corrected chi connectivity index (χ1v) is 7.01. The van der Waals surface area contributed by atoms with Crippen molar-refractivity contribution >= 4 is 11.6 Å². The molecule has 0 atom stereocenters. The highest BCUT2D eigenvalue weighted by Crippen LogP contribution is 2.14. The zero-order valence-corrected chi connectivity index (χ0v) is 12.3. The summed E-state index contributed by atoms with van der Waals surface area (Å²) in [7, 11) is 0. The third kappa shape index (κ3) is 5.28. The summed E-state index contributed by atoms with van der Waals surface area (Å²) < 4.78 is 0. The van der Waals surface area contributed by atoms with Gasteiger partial charge in [0.2, 0.25) is 5.91 Å². The highest BCUT2D eigenvalue weighted by molar-refractivity contribution is 5.91. The van der Waals surface area contributed by atoms with E-state index < -0.39 is 0 Å². The Morgan fingerprint density at radius 3 is 2.65 bits per heavy atom. The molecule has 1 aromatic carbocycles. The minimum atomic E-state index is -0.0329. The molecule has 0 bridgehead atoms. The van der Waals surface area contributed by atoms with Crippen molar-refractivity contribution in [2.24, 2.45) is 5.73 Å². The van der Waals surface area contributed by atoms with Crippen molar-refractivity contribution in [1.29, 1.82) is 0 Å². The Bertz CT molecular complexity index is 421. The number of para-hydroxylation sites is 1. The Labute approximate surface area is 120 Å². The maximum Gasteiger partial charge on any atom is 0.225 e. The summed E-state index contributed by atoms with van der Waals surface area (Å²) in [6, 6.07) is 7.85. The average Bonchev–Trinajstić information content (AvgIpc) is 2.43. The molecule has 0 aliphatic heterocycles. The standard InChI is InChI=1S/C15H25N3O2/c1-12(2)18(9-10-19)8-7-15(20)17-14-6-4-3-5-13(14)11-16/h3-6,12,19H,7-11,16H2,1-2H3,(H,17,20). The molecule has 0 aromatic heterocycles. The highest BCUT2D eigenvalue weighted by atomic mass is 16.3. The first-order chi connectivity index (χ1) is 9.58. The lowest BCUT2D eigenvalue weighted by Gasteiger charge is -2.25. The summed E-state index contributed by atoms with van der Waals surface area (Å²) in [4.78, 5) is 14.0. The van der Waals surface area contributed by atoms with Gasteiger partial charge in [-0.25, -0.2) is 0 Å². The van der Waals surface area contributed by atoms with E-state index in [9.17, 15) is 4.79 Å². The number of nitrogens with one attached hydrogen (secondary N) is 1. The van der Waals surface area contributed by atoms with Gasteiger partial charge in [-0.2, -0.15) is 0 Å². The van der Waals surface area contributed by atoms with Crippen molar-refractivity contribution in [3.63, 3.8) is 0 Å². The molecule has 0 aliphatic carbocycles. The van der Waals surface area contributed by atoms with Gasteiger partial charge in [-0.15, -0.1) is 0 Å². The fraction of sp³-hybridized carbons (Fsp3) is 0.533. The maximum absolute atomic E-state index is 12.0. The van der Waals surface area contributed by atoms with Crippen molar-refractivity contribution in [3.05, 3.63) is 29.8 Å². The predicted octanol–water partition coefficient (Wildman–Crippen LogP) is 1.18. The first kappa shape index (κ1) is 16.6. The van der Waals surface area contributed by atoms with Crippen molar-refractivity contribution in [1.82, 2.24) is 4.90 Å². The van der Waals surface area contributed by atoms with Crippen LogP contribution in [0.15, 0.2) is 24.3 Å². The van der Waals surface area contributed by atoms with E-state index in [1.807, 2.05) is 24.3 Å². The fourth-order valence-corrected chi connectivity index (χ4v) is 2.03. The summed E-state index contributed by atoms with van der Waals surface area (Å²) >= 11 is 0. The molecule has 5 nitrogen and oxygen atoms in total. The molecule has 5 heteroatoms. The lowest BCUT2D eigenvalue weighted by molar-refractivity contribution is -0.116. The van der Waals surface area contributed by atoms with Crippen LogP contribution in [0.1, 0.15) is 25.8 Å². The topological polar surface area (TPSA) is 78.6 Å². The third-order valence-electron chi connectivity index (χ3n) is 3.25. The molecule has 20 heavy (non-hydrogen) atoms. The van der Waals surface area contributed by atoms with Gasteiger partial charge in [0.25, 0.3) is 0 Å². The number of hydrogen-bond donors (Lipinski definition) is 3. The number of amides is 1. The summed E-state index contributed by atoms with van der Waals surface area (Å²) in [5.74, 6) is -0.0329. The van der Waals surface area contributed by atoms with Crippen LogP contribution < -0.4 is 11.1 Å². The summed E-state index contributed by atoms with van der Waals surface area (Å²) in [6.45, 7) is 5.84. The molecule has 0 radical (unpaired) electrons. The number of nitrogens with two attached hydrogens (primary N) is 1. The van der Waals surface area contributed by atoms with Crippen LogP contribution in [0.25, 0.3) is 0 Å². The molecule has 0 saturated heterocycles.